The molecule has 3 aliphatic rings. The summed E-state index contributed by atoms with van der Waals surface area (Å²) >= 11 is 6.35. The Hall–Kier alpha value is -2.86. The second kappa shape index (κ2) is 7.13. The predicted molar refractivity (Wildman–Crippen MR) is 111 cm³/mol. The maximum Gasteiger partial charge on any atom is 0.295 e. The van der Waals surface area contributed by atoms with Crippen molar-refractivity contribution in [2.75, 3.05) is 4.90 Å². The number of aromatic hydroxyl groups is 1. The van der Waals surface area contributed by atoms with Crippen molar-refractivity contribution in [1.29, 1.82) is 0 Å². The molecule has 6 nitrogen and oxygen atoms in total. The molecule has 30 heavy (non-hydrogen) atoms. The molecule has 5 rings (SSSR count). The van der Waals surface area contributed by atoms with Crippen molar-refractivity contribution in [3.05, 3.63) is 65.1 Å². The predicted octanol–water partition coefficient (Wildman–Crippen LogP) is 3.81. The smallest absolute Gasteiger partial charge is 0.295 e. The number of carbonyl (C=O) groups excluding carboxylic acids is 2. The van der Waals surface area contributed by atoms with E-state index >= 15 is 0 Å². The summed E-state index contributed by atoms with van der Waals surface area (Å²) in [4.78, 5) is 32.9. The van der Waals surface area contributed by atoms with Crippen molar-refractivity contribution >= 4 is 29.1 Å². The molecule has 3 heterocycles. The highest BCUT2D eigenvalue weighted by Gasteiger charge is 2.53. The fourth-order valence-corrected chi connectivity index (χ4v) is 5.03. The van der Waals surface area contributed by atoms with Crippen LogP contribution in [-0.4, -0.2) is 33.3 Å². The molecule has 7 heteroatoms. The van der Waals surface area contributed by atoms with Gasteiger partial charge < -0.3 is 9.84 Å². The zero-order valence-electron chi connectivity index (χ0n) is 16.4. The third-order valence-electron chi connectivity index (χ3n) is 6.12. The van der Waals surface area contributed by atoms with E-state index in [0.717, 1.165) is 12.0 Å². The lowest BCUT2D eigenvalue weighted by Gasteiger charge is -2.37. The summed E-state index contributed by atoms with van der Waals surface area (Å²) in [6.07, 6.45) is 3.24. The minimum absolute atomic E-state index is 0.0618. The molecule has 4 atom stereocenters. The van der Waals surface area contributed by atoms with Crippen LogP contribution in [-0.2, 0) is 14.3 Å². The zero-order valence-corrected chi connectivity index (χ0v) is 17.2. The van der Waals surface area contributed by atoms with Crippen molar-refractivity contribution in [2.24, 2.45) is 5.92 Å². The number of fused-ring (bicyclic) bond motifs is 1. The molecule has 1 aromatic heterocycles. The molecule has 1 amide bonds. The van der Waals surface area contributed by atoms with Crippen molar-refractivity contribution in [2.45, 2.75) is 43.7 Å². The summed E-state index contributed by atoms with van der Waals surface area (Å²) < 4.78 is 6.13. The van der Waals surface area contributed by atoms with Crippen LogP contribution in [0.25, 0.3) is 0 Å². The number of benzene rings is 1. The number of hydrogen-bond donors (Lipinski definition) is 1. The number of phenolic OH excluding ortho intramolecular Hbond substituents is 1. The number of carbonyl (C=O) groups is 2. The molecule has 0 radical (unpaired) electrons. The maximum absolute atomic E-state index is 13.6. The Morgan fingerprint density at radius 3 is 2.80 bits per heavy atom. The van der Waals surface area contributed by atoms with E-state index in [1.54, 1.807) is 36.5 Å². The third kappa shape index (κ3) is 2.98. The Balaban J connectivity index is 1.66. The Kier molecular flexibility index (Phi) is 4.54. The largest absolute Gasteiger partial charge is 0.508 e. The maximum atomic E-state index is 13.6. The first-order valence-corrected chi connectivity index (χ1v) is 10.5. The van der Waals surface area contributed by atoms with E-state index in [0.29, 0.717) is 29.8 Å². The monoisotopic (exact) mass is 424 g/mol. The van der Waals surface area contributed by atoms with Crippen LogP contribution in [0.2, 0.25) is 0 Å². The molecule has 2 aliphatic heterocycles. The van der Waals surface area contributed by atoms with Crippen LogP contribution in [0.5, 0.6) is 5.75 Å². The lowest BCUT2D eigenvalue weighted by molar-refractivity contribution is -0.131. The van der Waals surface area contributed by atoms with E-state index in [4.69, 9.17) is 16.3 Å². The van der Waals surface area contributed by atoms with Crippen molar-refractivity contribution < 1.29 is 19.4 Å². The average Bonchev–Trinajstić information content (AvgIpc) is 3.01. The van der Waals surface area contributed by atoms with Crippen LogP contribution in [0.1, 0.15) is 36.4 Å². The van der Waals surface area contributed by atoms with Gasteiger partial charge in [0, 0.05) is 11.6 Å². The fraction of sp³-hybridized carbons (Fsp3) is 0.348. The summed E-state index contributed by atoms with van der Waals surface area (Å²) in [6.45, 7) is 1.92. The molecule has 1 aromatic carbocycles. The molecule has 154 valence electrons. The number of alkyl halides is 1. The number of hydrogen-bond acceptors (Lipinski definition) is 5. The van der Waals surface area contributed by atoms with Crippen molar-refractivity contribution in [3.8, 4) is 5.75 Å². The lowest BCUT2D eigenvalue weighted by Crippen LogP contribution is -2.41. The number of phenols is 1. The first kappa shape index (κ1) is 19.1. The summed E-state index contributed by atoms with van der Waals surface area (Å²) in [5, 5.41) is 9.98. The Labute approximate surface area is 179 Å². The second-order valence-corrected chi connectivity index (χ2v) is 8.76. The Bertz CT molecular complexity index is 1080. The van der Waals surface area contributed by atoms with Crippen LogP contribution in [0.3, 0.4) is 0 Å². The highest BCUT2D eigenvalue weighted by molar-refractivity contribution is 6.21. The first-order chi connectivity index (χ1) is 14.4. The first-order valence-electron chi connectivity index (χ1n) is 10.1. The van der Waals surface area contributed by atoms with Gasteiger partial charge in [0.05, 0.1) is 17.5 Å². The summed E-state index contributed by atoms with van der Waals surface area (Å²) in [6, 6.07) is 9.55. The number of nitrogens with zero attached hydrogens (tertiary/aromatic N) is 2. The van der Waals surface area contributed by atoms with E-state index in [-0.39, 0.29) is 40.6 Å². The SMILES string of the molecule is Cc1ccnc(N2C(=O)C3=C(C(=O)C4CC(Cl)CCC4O3)C2c2cccc(O)c2)c1. The third-order valence-corrected chi connectivity index (χ3v) is 6.51. The molecule has 1 aliphatic carbocycles. The quantitative estimate of drug-likeness (QED) is 0.741. The van der Waals surface area contributed by atoms with Crippen LogP contribution in [0, 0.1) is 12.8 Å². The Morgan fingerprint density at radius 1 is 1.20 bits per heavy atom. The normalized spacial score (nSPS) is 28.3. The fourth-order valence-electron chi connectivity index (χ4n) is 4.71. The average molecular weight is 425 g/mol. The van der Waals surface area contributed by atoms with Crippen LogP contribution in [0.4, 0.5) is 5.82 Å². The second-order valence-electron chi connectivity index (χ2n) is 8.14. The number of anilines is 1. The van der Waals surface area contributed by atoms with Gasteiger partial charge in [-0.3, -0.25) is 14.5 Å². The van der Waals surface area contributed by atoms with Crippen LogP contribution in [0.15, 0.2) is 53.9 Å². The number of halogens is 1. The number of ketones is 1. The molecule has 4 unspecified atom stereocenters. The standard InChI is InChI=1S/C23H21ClN2O4/c1-12-7-8-25-18(9-12)26-20(13-3-2-4-15(27)10-13)19-21(28)16-11-14(24)5-6-17(16)30-22(19)23(26)29/h2-4,7-10,14,16-17,20,27H,5-6,11H2,1H3. The van der Waals surface area contributed by atoms with Gasteiger partial charge in [-0.15, -0.1) is 11.6 Å². The topological polar surface area (TPSA) is 79.7 Å². The van der Waals surface area contributed by atoms with Crippen molar-refractivity contribution in [1.82, 2.24) is 4.98 Å². The van der Waals surface area contributed by atoms with Gasteiger partial charge in [0.15, 0.2) is 11.5 Å². The van der Waals surface area contributed by atoms with Gasteiger partial charge >= 0.3 is 0 Å². The molecule has 1 fully saturated rings. The van der Waals surface area contributed by atoms with Gasteiger partial charge in [0.1, 0.15) is 17.7 Å². The number of ether oxygens (including phenoxy) is 1. The molecule has 1 N–H and O–H groups in total. The summed E-state index contributed by atoms with van der Waals surface area (Å²) in [7, 11) is 0. The number of pyridine rings is 1. The lowest BCUT2D eigenvalue weighted by atomic mass is 9.77. The molecule has 0 spiro atoms. The molecule has 1 saturated carbocycles. The van der Waals surface area contributed by atoms with E-state index < -0.39 is 6.04 Å². The van der Waals surface area contributed by atoms with Gasteiger partial charge in [0.25, 0.3) is 5.91 Å². The highest BCUT2D eigenvalue weighted by Crippen LogP contribution is 2.48. The molecule has 0 saturated heterocycles. The molecule has 2 aromatic rings. The van der Waals surface area contributed by atoms with E-state index in [9.17, 15) is 14.7 Å². The van der Waals surface area contributed by atoms with Gasteiger partial charge in [-0.1, -0.05) is 12.1 Å². The number of aryl methyl sites for hydroxylation is 1. The minimum atomic E-state index is -0.710. The van der Waals surface area contributed by atoms with Gasteiger partial charge in [-0.05, 0) is 61.6 Å². The van der Waals surface area contributed by atoms with E-state index in [2.05, 4.69) is 4.98 Å². The minimum Gasteiger partial charge on any atom is -0.508 e. The summed E-state index contributed by atoms with van der Waals surface area (Å²) in [5.74, 6) is -0.229. The number of Topliss-reactive ketones (excluding diaryl/α,β-unsaturated/α-hetero) is 1. The Morgan fingerprint density at radius 2 is 2.03 bits per heavy atom. The molecular formula is C23H21ClN2O4. The van der Waals surface area contributed by atoms with Gasteiger partial charge in [-0.25, -0.2) is 4.98 Å². The van der Waals surface area contributed by atoms with Crippen LogP contribution >= 0.6 is 11.6 Å². The highest BCUT2D eigenvalue weighted by atomic mass is 35.5. The zero-order chi connectivity index (χ0) is 21.0. The van der Waals surface area contributed by atoms with Crippen molar-refractivity contribution in [3.63, 3.8) is 0 Å². The summed E-state index contributed by atoms with van der Waals surface area (Å²) in [5.41, 5.74) is 1.91. The molecule has 0 bridgehead atoms. The van der Waals surface area contributed by atoms with Gasteiger partial charge in [-0.2, -0.15) is 0 Å². The van der Waals surface area contributed by atoms with Crippen LogP contribution < -0.4 is 4.90 Å². The number of amides is 1. The van der Waals surface area contributed by atoms with Gasteiger partial charge in [0.2, 0.25) is 0 Å². The number of rotatable bonds is 2. The number of aromatic nitrogens is 1. The van der Waals surface area contributed by atoms with E-state index in [1.165, 1.54) is 4.90 Å². The van der Waals surface area contributed by atoms with E-state index in [1.807, 2.05) is 13.0 Å². The molecular weight excluding hydrogens is 404 g/mol.